The Labute approximate surface area is 153 Å². The number of hydrogen-bond donors (Lipinski definition) is 2. The summed E-state index contributed by atoms with van der Waals surface area (Å²) >= 11 is 2.24. The summed E-state index contributed by atoms with van der Waals surface area (Å²) in [7, 11) is 0. The second kappa shape index (κ2) is 8.49. The quantitative estimate of drug-likeness (QED) is 0.537. The summed E-state index contributed by atoms with van der Waals surface area (Å²) < 4.78 is 6.87. The molecule has 24 heavy (non-hydrogen) atoms. The van der Waals surface area contributed by atoms with E-state index in [1.54, 1.807) is 24.3 Å². The third-order valence-electron chi connectivity index (χ3n) is 3.00. The minimum absolute atomic E-state index is 0.183. The molecule has 0 aliphatic rings. The number of carboxylic acids is 1. The van der Waals surface area contributed by atoms with E-state index in [9.17, 15) is 9.59 Å². The minimum Gasteiger partial charge on any atom is -0.489 e. The highest BCUT2D eigenvalue weighted by atomic mass is 127. The summed E-state index contributed by atoms with van der Waals surface area (Å²) in [5.41, 5.74) is 1.49. The van der Waals surface area contributed by atoms with Gasteiger partial charge in [0.2, 0.25) is 5.91 Å². The summed E-state index contributed by atoms with van der Waals surface area (Å²) in [6.07, 6.45) is 1.39. The van der Waals surface area contributed by atoms with Gasteiger partial charge in [-0.25, -0.2) is 4.79 Å². The average molecular weight is 437 g/mol. The molecule has 0 saturated carbocycles. The Morgan fingerprint density at radius 1 is 1.21 bits per heavy atom. The molecule has 2 aromatic carbocycles. The summed E-state index contributed by atoms with van der Waals surface area (Å²) in [5.74, 6) is -1.01. The van der Waals surface area contributed by atoms with Crippen molar-refractivity contribution in [2.45, 2.75) is 13.5 Å². The predicted octanol–water partition coefficient (Wildman–Crippen LogP) is 3.43. The van der Waals surface area contributed by atoms with Crippen LogP contribution in [0.1, 0.15) is 18.1 Å². The molecule has 2 N–H and O–H groups in total. The SMILES string of the molecule is CC(=O)NC(=Cc1cccc(OCc2cccc(I)c2)c1)C(=O)O. The van der Waals surface area contributed by atoms with Crippen LogP contribution in [0.5, 0.6) is 5.75 Å². The van der Waals surface area contributed by atoms with Gasteiger partial charge in [0.25, 0.3) is 0 Å². The molecule has 0 spiro atoms. The maximum Gasteiger partial charge on any atom is 0.352 e. The fraction of sp³-hybridized carbons (Fsp3) is 0.111. The molecule has 0 radical (unpaired) electrons. The lowest BCUT2D eigenvalue weighted by molar-refractivity contribution is -0.134. The van der Waals surface area contributed by atoms with E-state index in [0.717, 1.165) is 9.13 Å². The lowest BCUT2D eigenvalue weighted by Gasteiger charge is -2.08. The molecule has 0 aliphatic heterocycles. The maximum atomic E-state index is 11.2. The first kappa shape index (κ1) is 18.0. The molecule has 6 heteroatoms. The highest BCUT2D eigenvalue weighted by Gasteiger charge is 2.09. The van der Waals surface area contributed by atoms with Crippen LogP contribution in [0.3, 0.4) is 0 Å². The van der Waals surface area contributed by atoms with Gasteiger partial charge >= 0.3 is 5.97 Å². The second-order valence-electron chi connectivity index (χ2n) is 5.04. The molecule has 0 heterocycles. The highest BCUT2D eigenvalue weighted by molar-refractivity contribution is 14.1. The molecule has 0 unspecified atom stereocenters. The van der Waals surface area contributed by atoms with Crippen molar-refractivity contribution in [2.75, 3.05) is 0 Å². The molecule has 0 saturated heterocycles. The Bertz CT molecular complexity index is 786. The molecule has 124 valence electrons. The molecule has 5 nitrogen and oxygen atoms in total. The van der Waals surface area contributed by atoms with Crippen LogP contribution >= 0.6 is 22.6 Å². The maximum absolute atomic E-state index is 11.2. The Morgan fingerprint density at radius 2 is 1.96 bits per heavy atom. The average Bonchev–Trinajstić information content (AvgIpc) is 2.52. The number of carbonyl (C=O) groups excluding carboxylic acids is 1. The van der Waals surface area contributed by atoms with Crippen LogP contribution in [0.25, 0.3) is 6.08 Å². The fourth-order valence-electron chi connectivity index (χ4n) is 2.00. The number of halogens is 1. The van der Waals surface area contributed by atoms with Gasteiger partial charge in [-0.15, -0.1) is 0 Å². The van der Waals surface area contributed by atoms with Gasteiger partial charge in [-0.3, -0.25) is 4.79 Å². The van der Waals surface area contributed by atoms with Gasteiger partial charge in [0.1, 0.15) is 18.1 Å². The Balaban J connectivity index is 2.13. The van der Waals surface area contributed by atoms with Crippen molar-refractivity contribution in [3.05, 3.63) is 68.9 Å². The zero-order valence-electron chi connectivity index (χ0n) is 13.0. The lowest BCUT2D eigenvalue weighted by Crippen LogP contribution is -2.24. The van der Waals surface area contributed by atoms with Gasteiger partial charge in [0.15, 0.2) is 0 Å². The largest absolute Gasteiger partial charge is 0.489 e. The Kier molecular flexibility index (Phi) is 6.36. The Morgan fingerprint density at radius 3 is 2.62 bits per heavy atom. The van der Waals surface area contributed by atoms with E-state index < -0.39 is 11.9 Å². The van der Waals surface area contributed by atoms with E-state index in [0.29, 0.717) is 17.9 Å². The van der Waals surface area contributed by atoms with E-state index in [1.807, 2.05) is 24.3 Å². The van der Waals surface area contributed by atoms with Gasteiger partial charge in [-0.05, 0) is 64.1 Å². The molecule has 2 aromatic rings. The fourth-order valence-corrected chi connectivity index (χ4v) is 2.60. The highest BCUT2D eigenvalue weighted by Crippen LogP contribution is 2.18. The number of benzene rings is 2. The van der Waals surface area contributed by atoms with Gasteiger partial charge in [0.05, 0.1) is 0 Å². The summed E-state index contributed by atoms with van der Waals surface area (Å²) in [5, 5.41) is 11.4. The van der Waals surface area contributed by atoms with Crippen LogP contribution in [0.4, 0.5) is 0 Å². The zero-order chi connectivity index (χ0) is 17.5. The van der Waals surface area contributed by atoms with E-state index >= 15 is 0 Å². The predicted molar refractivity (Wildman–Crippen MR) is 99.4 cm³/mol. The Hall–Kier alpha value is -2.35. The number of amides is 1. The van der Waals surface area contributed by atoms with Crippen LogP contribution < -0.4 is 10.1 Å². The van der Waals surface area contributed by atoms with Crippen molar-refractivity contribution >= 4 is 40.5 Å². The first-order chi connectivity index (χ1) is 11.4. The van der Waals surface area contributed by atoms with Crippen molar-refractivity contribution in [1.29, 1.82) is 0 Å². The van der Waals surface area contributed by atoms with Crippen molar-refractivity contribution in [1.82, 2.24) is 5.32 Å². The van der Waals surface area contributed by atoms with E-state index in [4.69, 9.17) is 9.84 Å². The van der Waals surface area contributed by atoms with Crippen LogP contribution in [0, 0.1) is 3.57 Å². The second-order valence-corrected chi connectivity index (χ2v) is 6.28. The van der Waals surface area contributed by atoms with Crippen LogP contribution in [0.2, 0.25) is 0 Å². The summed E-state index contributed by atoms with van der Waals surface area (Å²) in [4.78, 5) is 22.2. The zero-order valence-corrected chi connectivity index (χ0v) is 15.1. The third kappa shape index (κ3) is 5.69. The summed E-state index contributed by atoms with van der Waals surface area (Å²) in [6.45, 7) is 1.68. The van der Waals surface area contributed by atoms with E-state index in [-0.39, 0.29) is 5.70 Å². The van der Waals surface area contributed by atoms with Crippen molar-refractivity contribution < 1.29 is 19.4 Å². The van der Waals surface area contributed by atoms with Crippen molar-refractivity contribution in [3.8, 4) is 5.75 Å². The molecule has 1 amide bonds. The molecule has 2 rings (SSSR count). The third-order valence-corrected chi connectivity index (χ3v) is 3.68. The van der Waals surface area contributed by atoms with Crippen LogP contribution in [-0.4, -0.2) is 17.0 Å². The first-order valence-corrected chi connectivity index (χ1v) is 8.22. The minimum atomic E-state index is -1.20. The molecular formula is C18H16INO4. The molecule has 0 aliphatic carbocycles. The standard InChI is InChI=1S/C18H16INO4/c1-12(21)20-17(18(22)23)10-13-4-3-7-16(9-13)24-11-14-5-2-6-15(19)8-14/h2-10H,11H2,1H3,(H,20,21)(H,22,23). The molecule has 0 bridgehead atoms. The first-order valence-electron chi connectivity index (χ1n) is 7.14. The normalized spacial score (nSPS) is 11.0. The number of nitrogens with one attached hydrogen (secondary N) is 1. The molecular weight excluding hydrogens is 421 g/mol. The smallest absolute Gasteiger partial charge is 0.352 e. The van der Waals surface area contributed by atoms with Crippen LogP contribution in [-0.2, 0) is 16.2 Å². The van der Waals surface area contributed by atoms with Gasteiger partial charge < -0.3 is 15.2 Å². The van der Waals surface area contributed by atoms with E-state index in [2.05, 4.69) is 27.9 Å². The number of ether oxygens (including phenoxy) is 1. The molecule has 0 aromatic heterocycles. The van der Waals surface area contributed by atoms with Crippen molar-refractivity contribution in [3.63, 3.8) is 0 Å². The topological polar surface area (TPSA) is 75.6 Å². The van der Waals surface area contributed by atoms with Gasteiger partial charge in [0, 0.05) is 10.5 Å². The van der Waals surface area contributed by atoms with Gasteiger partial charge in [-0.2, -0.15) is 0 Å². The number of carbonyl (C=O) groups is 2. The number of rotatable bonds is 6. The van der Waals surface area contributed by atoms with Crippen molar-refractivity contribution in [2.24, 2.45) is 0 Å². The number of aliphatic carboxylic acids is 1. The number of hydrogen-bond acceptors (Lipinski definition) is 3. The molecule has 0 fully saturated rings. The summed E-state index contributed by atoms with van der Waals surface area (Å²) in [6, 6.07) is 15.0. The van der Waals surface area contributed by atoms with Gasteiger partial charge in [-0.1, -0.05) is 24.3 Å². The van der Waals surface area contributed by atoms with E-state index in [1.165, 1.54) is 13.0 Å². The monoisotopic (exact) mass is 437 g/mol. The van der Waals surface area contributed by atoms with Crippen LogP contribution in [0.15, 0.2) is 54.2 Å². The number of carboxylic acid groups (broad SMARTS) is 1. The molecule has 0 atom stereocenters. The lowest BCUT2D eigenvalue weighted by atomic mass is 10.1.